The number of ether oxygens (including phenoxy) is 3. The van der Waals surface area contributed by atoms with Crippen molar-refractivity contribution in [2.45, 2.75) is 33.2 Å². The number of hydrogen-bond acceptors (Lipinski definition) is 6. The van der Waals surface area contributed by atoms with Gasteiger partial charge in [-0.3, -0.25) is 9.59 Å². The fourth-order valence-electron chi connectivity index (χ4n) is 3.48. The van der Waals surface area contributed by atoms with Crippen LogP contribution in [0.4, 0.5) is 0 Å². The SMILES string of the molecule is COc1cc(C=C(C#N)C(=O)NCc2ccccc2)ccc1OC(=O)CCCOc1cc(C)ccc1C. The molecule has 0 unspecified atom stereocenters. The molecule has 1 amide bonds. The number of rotatable bonds is 11. The van der Waals surface area contributed by atoms with E-state index in [1.54, 1.807) is 18.2 Å². The summed E-state index contributed by atoms with van der Waals surface area (Å²) in [5.41, 5.74) is 3.59. The Labute approximate surface area is 217 Å². The van der Waals surface area contributed by atoms with Gasteiger partial charge in [-0.25, -0.2) is 0 Å². The quantitative estimate of drug-likeness (QED) is 0.127. The van der Waals surface area contributed by atoms with Gasteiger partial charge in [-0.05, 0) is 66.8 Å². The highest BCUT2D eigenvalue weighted by Crippen LogP contribution is 2.29. The maximum Gasteiger partial charge on any atom is 0.311 e. The van der Waals surface area contributed by atoms with Crippen molar-refractivity contribution in [3.8, 4) is 23.3 Å². The molecule has 3 aromatic rings. The second-order valence-corrected chi connectivity index (χ2v) is 8.44. The number of nitriles is 1. The molecule has 3 aromatic carbocycles. The topological polar surface area (TPSA) is 97.6 Å². The molecule has 0 radical (unpaired) electrons. The summed E-state index contributed by atoms with van der Waals surface area (Å²) in [6.07, 6.45) is 2.13. The van der Waals surface area contributed by atoms with Crippen LogP contribution < -0.4 is 19.5 Å². The zero-order valence-electron chi connectivity index (χ0n) is 21.2. The Kier molecular flexibility index (Phi) is 9.86. The number of amides is 1. The molecule has 1 N–H and O–H groups in total. The third kappa shape index (κ3) is 8.25. The first-order chi connectivity index (χ1) is 17.9. The second-order valence-electron chi connectivity index (χ2n) is 8.44. The van der Waals surface area contributed by atoms with E-state index < -0.39 is 11.9 Å². The zero-order valence-corrected chi connectivity index (χ0v) is 21.2. The van der Waals surface area contributed by atoms with Gasteiger partial charge in [-0.15, -0.1) is 0 Å². The summed E-state index contributed by atoms with van der Waals surface area (Å²) in [6, 6.07) is 22.2. The van der Waals surface area contributed by atoms with Crippen LogP contribution in [0.3, 0.4) is 0 Å². The fraction of sp³-hybridized carbons (Fsp3) is 0.233. The van der Waals surface area contributed by atoms with Crippen molar-refractivity contribution < 1.29 is 23.8 Å². The number of hydrogen-bond donors (Lipinski definition) is 1. The Bertz CT molecular complexity index is 1310. The van der Waals surface area contributed by atoms with Crippen molar-refractivity contribution in [3.63, 3.8) is 0 Å². The number of esters is 1. The lowest BCUT2D eigenvalue weighted by Crippen LogP contribution is -2.23. The highest BCUT2D eigenvalue weighted by Gasteiger charge is 2.13. The lowest BCUT2D eigenvalue weighted by molar-refractivity contribution is -0.134. The summed E-state index contributed by atoms with van der Waals surface area (Å²) in [6.45, 7) is 4.68. The molecule has 0 aromatic heterocycles. The standard InChI is InChI=1S/C30H30N2O5/c1-21-11-12-22(2)27(16-21)36-15-7-10-29(33)37-26-14-13-24(18-28(26)35-3)17-25(19-31)30(34)32-20-23-8-5-4-6-9-23/h4-6,8-9,11-14,16-18H,7,10,15,20H2,1-3H3,(H,32,34). The molecule has 0 atom stereocenters. The molecular formula is C30H30N2O5. The molecule has 0 aliphatic rings. The van der Waals surface area contributed by atoms with Crippen LogP contribution in [0, 0.1) is 25.2 Å². The summed E-state index contributed by atoms with van der Waals surface area (Å²) in [4.78, 5) is 24.8. The van der Waals surface area contributed by atoms with Gasteiger partial charge >= 0.3 is 5.97 Å². The molecule has 0 heterocycles. The van der Waals surface area contributed by atoms with E-state index in [4.69, 9.17) is 14.2 Å². The first kappa shape index (κ1) is 27.0. The van der Waals surface area contributed by atoms with Gasteiger partial charge in [0.1, 0.15) is 17.4 Å². The molecule has 0 saturated carbocycles. The molecule has 190 valence electrons. The summed E-state index contributed by atoms with van der Waals surface area (Å²) in [5.74, 6) is 0.486. The maximum atomic E-state index is 12.5. The third-order valence-electron chi connectivity index (χ3n) is 5.51. The van der Waals surface area contributed by atoms with Crippen LogP contribution in [-0.4, -0.2) is 25.6 Å². The molecule has 0 bridgehead atoms. The highest BCUT2D eigenvalue weighted by atomic mass is 16.6. The van der Waals surface area contributed by atoms with Crippen LogP contribution in [0.1, 0.15) is 35.1 Å². The molecular weight excluding hydrogens is 468 g/mol. The Balaban J connectivity index is 1.55. The van der Waals surface area contributed by atoms with Crippen LogP contribution in [0.25, 0.3) is 6.08 Å². The summed E-state index contributed by atoms with van der Waals surface area (Å²) < 4.78 is 16.6. The molecule has 7 heteroatoms. The van der Waals surface area contributed by atoms with E-state index in [1.165, 1.54) is 13.2 Å². The largest absolute Gasteiger partial charge is 0.493 e. The van der Waals surface area contributed by atoms with Gasteiger partial charge in [-0.2, -0.15) is 5.26 Å². The highest BCUT2D eigenvalue weighted by molar-refractivity contribution is 6.01. The van der Waals surface area contributed by atoms with Crippen molar-refractivity contribution >= 4 is 18.0 Å². The molecule has 0 fully saturated rings. The number of methoxy groups -OCH3 is 1. The van der Waals surface area contributed by atoms with Gasteiger partial charge in [0.05, 0.1) is 13.7 Å². The van der Waals surface area contributed by atoms with Crippen molar-refractivity contribution in [1.82, 2.24) is 5.32 Å². The normalized spacial score (nSPS) is 10.8. The number of carbonyl (C=O) groups excluding carboxylic acids is 2. The molecule has 7 nitrogen and oxygen atoms in total. The van der Waals surface area contributed by atoms with E-state index in [1.807, 2.05) is 68.4 Å². The Morgan fingerprint density at radius 3 is 2.49 bits per heavy atom. The number of carbonyl (C=O) groups is 2. The predicted molar refractivity (Wildman–Crippen MR) is 141 cm³/mol. The smallest absolute Gasteiger partial charge is 0.311 e. The number of aryl methyl sites for hydroxylation is 2. The van der Waals surface area contributed by atoms with Crippen molar-refractivity contribution in [1.29, 1.82) is 5.26 Å². The minimum absolute atomic E-state index is 0.0495. The van der Waals surface area contributed by atoms with E-state index in [-0.39, 0.29) is 17.7 Å². The maximum absolute atomic E-state index is 12.5. The van der Waals surface area contributed by atoms with Crippen LogP contribution in [0.2, 0.25) is 0 Å². The number of nitrogens with one attached hydrogen (secondary N) is 1. The predicted octanol–water partition coefficient (Wildman–Crippen LogP) is 5.30. The summed E-state index contributed by atoms with van der Waals surface area (Å²) >= 11 is 0. The van der Waals surface area contributed by atoms with Gasteiger partial charge in [0, 0.05) is 13.0 Å². The van der Waals surface area contributed by atoms with Crippen molar-refractivity contribution in [2.24, 2.45) is 0 Å². The monoisotopic (exact) mass is 498 g/mol. The minimum atomic E-state index is -0.482. The Morgan fingerprint density at radius 1 is 0.973 bits per heavy atom. The number of nitrogens with zero attached hydrogens (tertiary/aromatic N) is 1. The van der Waals surface area contributed by atoms with Crippen LogP contribution in [-0.2, 0) is 16.1 Å². The van der Waals surface area contributed by atoms with Gasteiger partial charge in [0.15, 0.2) is 11.5 Å². The average molecular weight is 499 g/mol. The Morgan fingerprint density at radius 2 is 1.76 bits per heavy atom. The third-order valence-corrected chi connectivity index (χ3v) is 5.51. The first-order valence-corrected chi connectivity index (χ1v) is 11.9. The molecule has 0 saturated heterocycles. The second kappa shape index (κ2) is 13.5. The number of benzene rings is 3. The van der Waals surface area contributed by atoms with Gasteiger partial charge in [-0.1, -0.05) is 48.5 Å². The Hall–Kier alpha value is -4.57. The zero-order chi connectivity index (χ0) is 26.6. The molecule has 0 spiro atoms. The van der Waals surface area contributed by atoms with Crippen LogP contribution in [0.15, 0.2) is 72.3 Å². The van der Waals surface area contributed by atoms with E-state index >= 15 is 0 Å². The lowest BCUT2D eigenvalue weighted by Gasteiger charge is -2.11. The van der Waals surface area contributed by atoms with E-state index in [2.05, 4.69) is 5.32 Å². The van der Waals surface area contributed by atoms with Gasteiger partial charge in [0.2, 0.25) is 0 Å². The van der Waals surface area contributed by atoms with Crippen LogP contribution in [0.5, 0.6) is 17.2 Å². The first-order valence-electron chi connectivity index (χ1n) is 11.9. The van der Waals surface area contributed by atoms with Crippen molar-refractivity contribution in [3.05, 3.63) is 94.6 Å². The summed E-state index contributed by atoms with van der Waals surface area (Å²) in [7, 11) is 1.45. The van der Waals surface area contributed by atoms with Crippen LogP contribution >= 0.6 is 0 Å². The fourth-order valence-corrected chi connectivity index (χ4v) is 3.48. The molecule has 3 rings (SSSR count). The minimum Gasteiger partial charge on any atom is -0.493 e. The van der Waals surface area contributed by atoms with E-state index in [0.717, 1.165) is 22.4 Å². The summed E-state index contributed by atoms with van der Waals surface area (Å²) in [5, 5.41) is 12.2. The average Bonchev–Trinajstić information content (AvgIpc) is 2.91. The van der Waals surface area contributed by atoms with E-state index in [0.29, 0.717) is 30.9 Å². The molecule has 0 aliphatic heterocycles. The van der Waals surface area contributed by atoms with Crippen molar-refractivity contribution in [2.75, 3.05) is 13.7 Å². The van der Waals surface area contributed by atoms with Gasteiger partial charge in [0.25, 0.3) is 5.91 Å². The molecule has 0 aliphatic carbocycles. The lowest BCUT2D eigenvalue weighted by atomic mass is 10.1. The van der Waals surface area contributed by atoms with E-state index in [9.17, 15) is 14.9 Å². The molecule has 37 heavy (non-hydrogen) atoms. The van der Waals surface area contributed by atoms with Gasteiger partial charge < -0.3 is 19.5 Å².